The normalized spacial score (nSPS) is 32.8. The molecule has 182 valence electrons. The lowest BCUT2D eigenvalue weighted by Gasteiger charge is -2.40. The van der Waals surface area contributed by atoms with E-state index in [1.807, 2.05) is 20.8 Å². The van der Waals surface area contributed by atoms with Crippen LogP contribution in [0.5, 0.6) is 0 Å². The maximum atomic E-state index is 13.8. The minimum Gasteiger partial charge on any atom is -0.394 e. The molecule has 0 aromatic carbocycles. The Balaban J connectivity index is 1.95. The highest BCUT2D eigenvalue weighted by Gasteiger charge is 2.74. The third-order valence-corrected chi connectivity index (χ3v) is 8.96. The van der Waals surface area contributed by atoms with Crippen LogP contribution < -0.4 is 10.6 Å². The number of fused-ring (bicyclic) bond motifs is 1. The molecule has 32 heavy (non-hydrogen) atoms. The van der Waals surface area contributed by atoms with Crippen LogP contribution in [-0.2, 0) is 14.4 Å². The molecule has 8 heteroatoms. The minimum atomic E-state index is -0.680. The Hall–Kier alpha value is -1.28. The molecule has 3 aliphatic heterocycles. The molecule has 3 saturated heterocycles. The number of carbonyl (C=O) groups is 3. The summed E-state index contributed by atoms with van der Waals surface area (Å²) in [6, 6.07) is -1.16. The average Bonchev–Trinajstić information content (AvgIpc) is 3.30. The highest BCUT2D eigenvalue weighted by molar-refractivity contribution is 8.02. The number of aliphatic hydroxyl groups excluding tert-OH is 1. The monoisotopic (exact) mass is 467 g/mol. The fourth-order valence-electron chi connectivity index (χ4n) is 6.39. The predicted molar refractivity (Wildman–Crippen MR) is 127 cm³/mol. The Morgan fingerprint density at radius 3 is 2.47 bits per heavy atom. The van der Waals surface area contributed by atoms with Crippen molar-refractivity contribution in [3.05, 3.63) is 0 Å². The van der Waals surface area contributed by atoms with Gasteiger partial charge in [-0.1, -0.05) is 27.7 Å². The summed E-state index contributed by atoms with van der Waals surface area (Å²) >= 11 is 1.66. The highest BCUT2D eigenvalue weighted by Crippen LogP contribution is 2.66. The van der Waals surface area contributed by atoms with Crippen molar-refractivity contribution in [1.29, 1.82) is 0 Å². The van der Waals surface area contributed by atoms with Crippen LogP contribution in [0.4, 0.5) is 0 Å². The smallest absolute Gasteiger partial charge is 0.244 e. The van der Waals surface area contributed by atoms with Gasteiger partial charge < -0.3 is 20.6 Å². The topological polar surface area (TPSA) is 98.7 Å². The molecule has 3 heterocycles. The van der Waals surface area contributed by atoms with Gasteiger partial charge in [0.25, 0.3) is 0 Å². The SMILES string of the molecule is CCCNC(=O)[C@@H]1[C@@H]2CCC3(S2)C(C(=O)NC(C)(C)CC(C)(C)C)N([C@H](C)CO)C(=O)[C@H]13. The molecule has 3 amide bonds. The van der Waals surface area contributed by atoms with Crippen molar-refractivity contribution in [2.75, 3.05) is 13.2 Å². The Labute approximate surface area is 196 Å². The standard InChI is InChI=1S/C24H41N3O4S/c1-8-11-25-19(29)16-15-9-10-24(32-15)17(16)21(31)27(14(2)12-28)18(24)20(30)26-23(6,7)13-22(3,4)5/h14-18,28H,8-13H2,1-7H3,(H,25,29)(H,26,30)/t14-,15+,16-,17+,18?,24?/m1/s1. The van der Waals surface area contributed by atoms with Crippen LogP contribution in [0.25, 0.3) is 0 Å². The van der Waals surface area contributed by atoms with Gasteiger partial charge in [-0.15, -0.1) is 11.8 Å². The molecule has 6 atom stereocenters. The Morgan fingerprint density at radius 1 is 1.25 bits per heavy atom. The molecule has 7 nitrogen and oxygen atoms in total. The number of hydrogen-bond donors (Lipinski definition) is 3. The van der Waals surface area contributed by atoms with Gasteiger partial charge in [-0.05, 0) is 51.9 Å². The second-order valence-corrected chi connectivity index (χ2v) is 13.3. The third kappa shape index (κ3) is 4.41. The Kier molecular flexibility index (Phi) is 6.99. The molecular weight excluding hydrogens is 426 g/mol. The molecule has 3 fully saturated rings. The first-order valence-corrected chi connectivity index (χ1v) is 12.9. The van der Waals surface area contributed by atoms with Gasteiger partial charge in [-0.25, -0.2) is 0 Å². The number of carbonyl (C=O) groups excluding carboxylic acids is 3. The zero-order chi connectivity index (χ0) is 24.1. The number of hydrogen-bond acceptors (Lipinski definition) is 5. The molecule has 0 radical (unpaired) electrons. The zero-order valence-corrected chi connectivity index (χ0v) is 21.5. The molecule has 0 saturated carbocycles. The highest BCUT2D eigenvalue weighted by atomic mass is 32.2. The van der Waals surface area contributed by atoms with Gasteiger partial charge in [-0.3, -0.25) is 14.4 Å². The summed E-state index contributed by atoms with van der Waals surface area (Å²) in [7, 11) is 0. The summed E-state index contributed by atoms with van der Waals surface area (Å²) < 4.78 is -0.610. The van der Waals surface area contributed by atoms with Crippen molar-refractivity contribution in [3.8, 4) is 0 Å². The van der Waals surface area contributed by atoms with E-state index in [-0.39, 0.29) is 35.0 Å². The molecule has 3 aliphatic rings. The number of amides is 3. The molecular formula is C24H41N3O4S. The van der Waals surface area contributed by atoms with Crippen molar-refractivity contribution in [2.24, 2.45) is 17.3 Å². The molecule has 1 spiro atoms. The maximum absolute atomic E-state index is 13.8. The molecule has 2 bridgehead atoms. The van der Waals surface area contributed by atoms with Gasteiger partial charge in [0.2, 0.25) is 17.7 Å². The van der Waals surface area contributed by atoms with Crippen molar-refractivity contribution >= 4 is 29.5 Å². The molecule has 2 unspecified atom stereocenters. The van der Waals surface area contributed by atoms with Crippen molar-refractivity contribution in [2.45, 2.75) is 102 Å². The van der Waals surface area contributed by atoms with E-state index in [9.17, 15) is 19.5 Å². The Morgan fingerprint density at radius 2 is 1.91 bits per heavy atom. The summed E-state index contributed by atoms with van der Waals surface area (Å²) in [4.78, 5) is 42.1. The van der Waals surface area contributed by atoms with E-state index in [1.165, 1.54) is 0 Å². The van der Waals surface area contributed by atoms with E-state index < -0.39 is 34.2 Å². The van der Waals surface area contributed by atoms with E-state index in [2.05, 4.69) is 31.4 Å². The quantitative estimate of drug-likeness (QED) is 0.509. The number of likely N-dealkylation sites (tertiary alicyclic amines) is 1. The molecule has 3 N–H and O–H groups in total. The number of aliphatic hydroxyl groups is 1. The first-order valence-electron chi connectivity index (χ1n) is 12.0. The fourth-order valence-corrected chi connectivity index (χ4v) is 8.60. The average molecular weight is 468 g/mol. The second-order valence-electron chi connectivity index (χ2n) is 11.7. The third-order valence-electron chi connectivity index (χ3n) is 7.01. The summed E-state index contributed by atoms with van der Waals surface area (Å²) in [5, 5.41) is 16.2. The summed E-state index contributed by atoms with van der Waals surface area (Å²) in [5.74, 6) is -1.33. The van der Waals surface area contributed by atoms with Crippen LogP contribution >= 0.6 is 11.8 Å². The number of rotatable bonds is 8. The van der Waals surface area contributed by atoms with E-state index >= 15 is 0 Å². The summed E-state index contributed by atoms with van der Waals surface area (Å²) in [6.45, 7) is 14.6. The van der Waals surface area contributed by atoms with Gasteiger partial charge in [0.15, 0.2) is 0 Å². The van der Waals surface area contributed by atoms with Crippen molar-refractivity contribution < 1.29 is 19.5 Å². The zero-order valence-electron chi connectivity index (χ0n) is 20.7. The molecule has 0 aromatic rings. The minimum absolute atomic E-state index is 0.0319. The predicted octanol–water partition coefficient (Wildman–Crippen LogP) is 2.32. The summed E-state index contributed by atoms with van der Waals surface area (Å²) in [6.07, 6.45) is 3.19. The van der Waals surface area contributed by atoms with E-state index in [0.717, 1.165) is 25.7 Å². The van der Waals surface area contributed by atoms with E-state index in [1.54, 1.807) is 23.6 Å². The van der Waals surface area contributed by atoms with Crippen LogP contribution in [0.1, 0.15) is 74.1 Å². The first kappa shape index (κ1) is 25.3. The molecule has 3 rings (SSSR count). The van der Waals surface area contributed by atoms with Crippen LogP contribution in [0.2, 0.25) is 0 Å². The number of thioether (sulfide) groups is 1. The lowest BCUT2D eigenvalue weighted by Crippen LogP contribution is -2.59. The Bertz CT molecular complexity index is 765. The number of nitrogens with one attached hydrogen (secondary N) is 2. The van der Waals surface area contributed by atoms with Crippen LogP contribution in [0.3, 0.4) is 0 Å². The second kappa shape index (κ2) is 8.82. The number of nitrogens with zero attached hydrogens (tertiary/aromatic N) is 1. The fraction of sp³-hybridized carbons (Fsp3) is 0.875. The lowest BCUT2D eigenvalue weighted by molar-refractivity contribution is -0.142. The van der Waals surface area contributed by atoms with Crippen molar-refractivity contribution in [1.82, 2.24) is 15.5 Å². The molecule has 0 aromatic heterocycles. The van der Waals surface area contributed by atoms with Crippen LogP contribution in [-0.4, -0.2) is 68.5 Å². The maximum Gasteiger partial charge on any atom is 0.244 e. The molecule has 0 aliphatic carbocycles. The van der Waals surface area contributed by atoms with Crippen LogP contribution in [0, 0.1) is 17.3 Å². The van der Waals surface area contributed by atoms with Gasteiger partial charge >= 0.3 is 0 Å². The largest absolute Gasteiger partial charge is 0.394 e. The van der Waals surface area contributed by atoms with Gasteiger partial charge in [-0.2, -0.15) is 0 Å². The lowest BCUT2D eigenvalue weighted by atomic mass is 9.70. The van der Waals surface area contributed by atoms with Crippen molar-refractivity contribution in [3.63, 3.8) is 0 Å². The van der Waals surface area contributed by atoms with Gasteiger partial charge in [0, 0.05) is 17.3 Å². The van der Waals surface area contributed by atoms with Gasteiger partial charge in [0.1, 0.15) is 6.04 Å². The van der Waals surface area contributed by atoms with Gasteiger partial charge in [0.05, 0.1) is 29.2 Å². The van der Waals surface area contributed by atoms with E-state index in [4.69, 9.17) is 0 Å². The van der Waals surface area contributed by atoms with Crippen LogP contribution in [0.15, 0.2) is 0 Å². The first-order chi connectivity index (χ1) is 14.8. The summed E-state index contributed by atoms with van der Waals surface area (Å²) in [5.41, 5.74) is -0.412. The van der Waals surface area contributed by atoms with E-state index in [0.29, 0.717) is 6.54 Å².